The molecule has 2 unspecified atom stereocenters. The van der Waals surface area contributed by atoms with Crippen LogP contribution in [0, 0.1) is 0 Å². The number of hydrogen-bond donors (Lipinski definition) is 1. The SMILES string of the molecule is c1cncc(C23CNCC(CO2)O3)c1. The van der Waals surface area contributed by atoms with E-state index in [9.17, 15) is 0 Å². The van der Waals surface area contributed by atoms with E-state index in [-0.39, 0.29) is 6.10 Å². The van der Waals surface area contributed by atoms with E-state index >= 15 is 0 Å². The fourth-order valence-corrected chi connectivity index (χ4v) is 2.00. The van der Waals surface area contributed by atoms with Crippen LogP contribution >= 0.6 is 0 Å². The lowest BCUT2D eigenvalue weighted by Gasteiger charge is -2.32. The van der Waals surface area contributed by atoms with Crippen LogP contribution in [0.4, 0.5) is 0 Å². The highest BCUT2D eigenvalue weighted by Gasteiger charge is 2.46. The van der Waals surface area contributed by atoms with Gasteiger partial charge in [-0.15, -0.1) is 0 Å². The van der Waals surface area contributed by atoms with Gasteiger partial charge in [0.2, 0.25) is 5.79 Å². The molecule has 1 aromatic rings. The summed E-state index contributed by atoms with van der Waals surface area (Å²) < 4.78 is 11.6. The summed E-state index contributed by atoms with van der Waals surface area (Å²) in [4.78, 5) is 4.08. The molecule has 14 heavy (non-hydrogen) atoms. The molecule has 4 heteroatoms. The monoisotopic (exact) mass is 192 g/mol. The van der Waals surface area contributed by atoms with Crippen LogP contribution in [0.15, 0.2) is 24.5 Å². The van der Waals surface area contributed by atoms with Gasteiger partial charge in [-0.3, -0.25) is 4.98 Å². The summed E-state index contributed by atoms with van der Waals surface area (Å²) in [5.41, 5.74) is 0.995. The van der Waals surface area contributed by atoms with Gasteiger partial charge in [-0.1, -0.05) is 6.07 Å². The Hall–Kier alpha value is -0.970. The van der Waals surface area contributed by atoms with Gasteiger partial charge in [0.05, 0.1) is 19.3 Å². The number of aromatic nitrogens is 1. The average molecular weight is 192 g/mol. The summed E-state index contributed by atoms with van der Waals surface area (Å²) in [7, 11) is 0. The van der Waals surface area contributed by atoms with Gasteiger partial charge in [0.25, 0.3) is 0 Å². The Morgan fingerprint density at radius 1 is 1.57 bits per heavy atom. The first-order valence-electron chi connectivity index (χ1n) is 4.82. The van der Waals surface area contributed by atoms with Crippen LogP contribution in [-0.4, -0.2) is 30.8 Å². The molecule has 4 nitrogen and oxygen atoms in total. The number of morpholine rings is 1. The van der Waals surface area contributed by atoms with Crippen molar-refractivity contribution in [2.24, 2.45) is 0 Å². The number of pyridine rings is 1. The first-order valence-corrected chi connectivity index (χ1v) is 4.82. The van der Waals surface area contributed by atoms with Crippen LogP contribution < -0.4 is 5.32 Å². The molecule has 74 valence electrons. The summed E-state index contributed by atoms with van der Waals surface area (Å²) >= 11 is 0. The minimum absolute atomic E-state index is 0.184. The van der Waals surface area contributed by atoms with Gasteiger partial charge in [-0.25, -0.2) is 0 Å². The minimum Gasteiger partial charge on any atom is -0.342 e. The normalized spacial score (nSPS) is 35.9. The standard InChI is InChI=1S/C10H12N2O2/c1-2-8(4-11-3-1)10-7-12-5-9(14-10)6-13-10/h1-4,9,12H,5-7H2. The Bertz CT molecular complexity index is 326. The Kier molecular flexibility index (Phi) is 1.80. The van der Waals surface area contributed by atoms with Crippen LogP contribution in [-0.2, 0) is 15.3 Å². The van der Waals surface area contributed by atoms with E-state index in [1.54, 1.807) is 12.4 Å². The van der Waals surface area contributed by atoms with Crippen LogP contribution in [0.3, 0.4) is 0 Å². The molecule has 3 heterocycles. The number of nitrogens with one attached hydrogen (secondary N) is 1. The van der Waals surface area contributed by atoms with Crippen LogP contribution in [0.25, 0.3) is 0 Å². The Morgan fingerprint density at radius 2 is 2.57 bits per heavy atom. The van der Waals surface area contributed by atoms with Gasteiger partial charge in [-0.2, -0.15) is 0 Å². The number of rotatable bonds is 1. The van der Waals surface area contributed by atoms with Crippen molar-refractivity contribution >= 4 is 0 Å². The Morgan fingerprint density at radius 3 is 3.43 bits per heavy atom. The topological polar surface area (TPSA) is 43.4 Å². The van der Waals surface area contributed by atoms with Gasteiger partial charge in [-0.05, 0) is 6.07 Å². The molecule has 0 radical (unpaired) electrons. The van der Waals surface area contributed by atoms with E-state index in [4.69, 9.17) is 9.47 Å². The van der Waals surface area contributed by atoms with Gasteiger partial charge in [0.1, 0.15) is 0 Å². The lowest BCUT2D eigenvalue weighted by Crippen LogP contribution is -2.46. The second-order valence-corrected chi connectivity index (χ2v) is 3.68. The summed E-state index contributed by atoms with van der Waals surface area (Å²) in [6, 6.07) is 3.89. The van der Waals surface area contributed by atoms with E-state index in [0.717, 1.165) is 12.1 Å². The van der Waals surface area contributed by atoms with Crippen molar-refractivity contribution in [1.29, 1.82) is 0 Å². The van der Waals surface area contributed by atoms with E-state index in [2.05, 4.69) is 10.3 Å². The highest BCUT2D eigenvalue weighted by Crippen LogP contribution is 2.35. The molecule has 0 aromatic carbocycles. The fraction of sp³-hybridized carbons (Fsp3) is 0.500. The fourth-order valence-electron chi connectivity index (χ4n) is 2.00. The molecule has 0 amide bonds. The largest absolute Gasteiger partial charge is 0.342 e. The molecule has 1 aromatic heterocycles. The molecule has 0 aliphatic carbocycles. The van der Waals surface area contributed by atoms with Crippen LogP contribution in [0.2, 0.25) is 0 Å². The van der Waals surface area contributed by atoms with Gasteiger partial charge in [0, 0.05) is 24.5 Å². The molecular weight excluding hydrogens is 180 g/mol. The summed E-state index contributed by atoms with van der Waals surface area (Å²) in [5.74, 6) is -0.586. The van der Waals surface area contributed by atoms with Gasteiger partial charge in [0.15, 0.2) is 0 Å². The molecule has 2 atom stereocenters. The molecule has 2 saturated heterocycles. The first-order chi connectivity index (χ1) is 6.89. The quantitative estimate of drug-likeness (QED) is 0.692. The zero-order chi connectivity index (χ0) is 9.43. The predicted molar refractivity (Wildman–Crippen MR) is 49.6 cm³/mol. The lowest BCUT2D eigenvalue weighted by atomic mass is 10.1. The molecule has 2 aliphatic rings. The smallest absolute Gasteiger partial charge is 0.209 e. The molecule has 2 bridgehead atoms. The first kappa shape index (κ1) is 8.35. The van der Waals surface area contributed by atoms with Crippen molar-refractivity contribution < 1.29 is 9.47 Å². The maximum atomic E-state index is 5.85. The van der Waals surface area contributed by atoms with Gasteiger partial charge < -0.3 is 14.8 Å². The minimum atomic E-state index is -0.586. The maximum absolute atomic E-state index is 5.85. The van der Waals surface area contributed by atoms with Crippen molar-refractivity contribution in [1.82, 2.24) is 10.3 Å². The number of nitrogens with zero attached hydrogens (tertiary/aromatic N) is 1. The third-order valence-corrected chi connectivity index (χ3v) is 2.69. The summed E-state index contributed by atoms with van der Waals surface area (Å²) in [6.45, 7) is 2.25. The highest BCUT2D eigenvalue weighted by molar-refractivity contribution is 5.18. The third kappa shape index (κ3) is 1.15. The van der Waals surface area contributed by atoms with Crippen molar-refractivity contribution in [3.63, 3.8) is 0 Å². The van der Waals surface area contributed by atoms with Crippen molar-refractivity contribution in [2.45, 2.75) is 11.9 Å². The highest BCUT2D eigenvalue weighted by atomic mass is 16.7. The second kappa shape index (κ2) is 3.02. The zero-order valence-corrected chi connectivity index (χ0v) is 7.77. The maximum Gasteiger partial charge on any atom is 0.209 e. The number of ether oxygens (including phenoxy) is 2. The van der Waals surface area contributed by atoms with E-state index in [1.807, 2.05) is 12.1 Å². The molecule has 0 saturated carbocycles. The van der Waals surface area contributed by atoms with Crippen LogP contribution in [0.5, 0.6) is 0 Å². The predicted octanol–water partition coefficient (Wildman–Crippen LogP) is 0.253. The lowest BCUT2D eigenvalue weighted by molar-refractivity contribution is -0.186. The average Bonchev–Trinajstić information content (AvgIpc) is 2.57. The van der Waals surface area contributed by atoms with Crippen molar-refractivity contribution in [3.05, 3.63) is 30.1 Å². The van der Waals surface area contributed by atoms with E-state index in [1.165, 1.54) is 0 Å². The molecule has 2 fully saturated rings. The summed E-state index contributed by atoms with van der Waals surface area (Å²) in [6.07, 6.45) is 3.74. The van der Waals surface area contributed by atoms with Crippen molar-refractivity contribution in [3.8, 4) is 0 Å². The molecule has 1 N–H and O–H groups in total. The molecule has 2 aliphatic heterocycles. The van der Waals surface area contributed by atoms with Gasteiger partial charge >= 0.3 is 0 Å². The second-order valence-electron chi connectivity index (χ2n) is 3.68. The molecule has 0 spiro atoms. The number of fused-ring (bicyclic) bond motifs is 2. The van der Waals surface area contributed by atoms with E-state index in [0.29, 0.717) is 13.2 Å². The van der Waals surface area contributed by atoms with E-state index < -0.39 is 5.79 Å². The molecular formula is C10H12N2O2. The van der Waals surface area contributed by atoms with Crippen LogP contribution in [0.1, 0.15) is 5.56 Å². The third-order valence-electron chi connectivity index (χ3n) is 2.69. The Balaban J connectivity index is 1.97. The van der Waals surface area contributed by atoms with Crippen molar-refractivity contribution in [2.75, 3.05) is 19.7 Å². The number of hydrogen-bond acceptors (Lipinski definition) is 4. The Labute approximate surface area is 82.2 Å². The molecule has 3 rings (SSSR count). The summed E-state index contributed by atoms with van der Waals surface area (Å²) in [5, 5.41) is 3.31. The zero-order valence-electron chi connectivity index (χ0n) is 7.77.